The molecule has 0 spiro atoms. The number of carbonyl (C=O) groups excluding carboxylic acids is 2. The van der Waals surface area contributed by atoms with E-state index in [1.165, 1.54) is 23.1 Å². The minimum Gasteiger partial charge on any atom is -0.352 e. The summed E-state index contributed by atoms with van der Waals surface area (Å²) in [4.78, 5) is 29.8. The van der Waals surface area contributed by atoms with Crippen LogP contribution in [0.4, 0.5) is 5.69 Å². The van der Waals surface area contributed by atoms with Gasteiger partial charge in [-0.3, -0.25) is 13.9 Å². The lowest BCUT2D eigenvalue weighted by Gasteiger charge is -2.34. The maximum atomic E-state index is 14.5. The summed E-state index contributed by atoms with van der Waals surface area (Å²) < 4.78 is 29.1. The molecule has 0 saturated heterocycles. The third-order valence-electron chi connectivity index (χ3n) is 7.37. The van der Waals surface area contributed by atoms with E-state index in [0.717, 1.165) is 9.87 Å². The Morgan fingerprint density at radius 2 is 1.42 bits per heavy atom. The summed E-state index contributed by atoms with van der Waals surface area (Å²) in [6, 6.07) is 27.2. The smallest absolute Gasteiger partial charge is 0.264 e. The van der Waals surface area contributed by atoms with Crippen molar-refractivity contribution in [2.75, 3.05) is 10.8 Å². The molecule has 236 valence electrons. The summed E-state index contributed by atoms with van der Waals surface area (Å²) in [7, 11) is -4.24. The topological polar surface area (TPSA) is 86.8 Å². The largest absolute Gasteiger partial charge is 0.352 e. The maximum absolute atomic E-state index is 14.5. The predicted octanol–water partition coefficient (Wildman–Crippen LogP) is 7.40. The quantitative estimate of drug-likeness (QED) is 0.159. The van der Waals surface area contributed by atoms with Crippen LogP contribution in [0, 0.1) is 0 Å². The number of benzene rings is 4. The third-order valence-corrected chi connectivity index (χ3v) is 10.1. The lowest BCUT2D eigenvalue weighted by Crippen LogP contribution is -2.54. The highest BCUT2D eigenvalue weighted by Crippen LogP contribution is 2.30. The Bertz CT molecular complexity index is 1700. The van der Waals surface area contributed by atoms with Crippen LogP contribution in [-0.4, -0.2) is 43.8 Å². The predicted molar refractivity (Wildman–Crippen MR) is 181 cm³/mol. The van der Waals surface area contributed by atoms with E-state index in [9.17, 15) is 18.0 Å². The van der Waals surface area contributed by atoms with E-state index < -0.39 is 28.5 Å². The summed E-state index contributed by atoms with van der Waals surface area (Å²) >= 11 is 19.4. The zero-order valence-electron chi connectivity index (χ0n) is 24.9. The van der Waals surface area contributed by atoms with Crippen LogP contribution in [-0.2, 0) is 32.6 Å². The summed E-state index contributed by atoms with van der Waals surface area (Å²) in [5.74, 6) is -1.02. The molecule has 2 amide bonds. The van der Waals surface area contributed by atoms with Crippen LogP contribution in [0.15, 0.2) is 108 Å². The van der Waals surface area contributed by atoms with Crippen molar-refractivity contribution in [3.8, 4) is 0 Å². The Balaban J connectivity index is 1.84. The molecule has 0 radical (unpaired) electrons. The fraction of sp³-hybridized carbons (Fsp3) is 0.235. The van der Waals surface area contributed by atoms with Gasteiger partial charge >= 0.3 is 0 Å². The second kappa shape index (κ2) is 15.6. The van der Waals surface area contributed by atoms with Crippen molar-refractivity contribution in [3.05, 3.63) is 129 Å². The minimum atomic E-state index is -4.24. The fourth-order valence-electron chi connectivity index (χ4n) is 4.73. The molecule has 11 heteroatoms. The molecule has 7 nitrogen and oxygen atoms in total. The first-order valence-electron chi connectivity index (χ1n) is 14.4. The Kier molecular flexibility index (Phi) is 11.9. The van der Waals surface area contributed by atoms with Gasteiger partial charge in [-0.2, -0.15) is 0 Å². The van der Waals surface area contributed by atoms with Gasteiger partial charge in [0.25, 0.3) is 10.0 Å². The fourth-order valence-corrected chi connectivity index (χ4v) is 6.86. The first-order chi connectivity index (χ1) is 21.5. The number of nitrogens with one attached hydrogen (secondary N) is 1. The third kappa shape index (κ3) is 8.79. The number of sulfonamides is 1. The Morgan fingerprint density at radius 1 is 0.822 bits per heavy atom. The van der Waals surface area contributed by atoms with Crippen molar-refractivity contribution in [2.45, 2.75) is 50.2 Å². The second-order valence-corrected chi connectivity index (χ2v) is 13.7. The summed E-state index contributed by atoms with van der Waals surface area (Å²) in [5.41, 5.74) is 1.44. The van der Waals surface area contributed by atoms with Gasteiger partial charge in [0.05, 0.1) is 10.6 Å². The average molecular weight is 687 g/mol. The van der Waals surface area contributed by atoms with Crippen molar-refractivity contribution >= 4 is 62.3 Å². The molecular weight excluding hydrogens is 653 g/mol. The summed E-state index contributed by atoms with van der Waals surface area (Å²) in [5, 5.41) is 3.91. The van der Waals surface area contributed by atoms with Gasteiger partial charge < -0.3 is 10.2 Å². The second-order valence-electron chi connectivity index (χ2n) is 10.5. The number of amides is 2. The van der Waals surface area contributed by atoms with Crippen LogP contribution in [0.5, 0.6) is 0 Å². The number of carbonyl (C=O) groups is 2. The lowest BCUT2D eigenvalue weighted by molar-refractivity contribution is -0.140. The summed E-state index contributed by atoms with van der Waals surface area (Å²) in [6.07, 6.45) is 0.839. The molecule has 0 bridgehead atoms. The van der Waals surface area contributed by atoms with Crippen molar-refractivity contribution < 1.29 is 18.0 Å². The Hall–Kier alpha value is -3.56. The molecule has 0 fully saturated rings. The van der Waals surface area contributed by atoms with Gasteiger partial charge in [-0.1, -0.05) is 102 Å². The molecule has 0 aliphatic carbocycles. The van der Waals surface area contributed by atoms with E-state index in [2.05, 4.69) is 5.32 Å². The highest BCUT2D eigenvalue weighted by molar-refractivity contribution is 7.92. The van der Waals surface area contributed by atoms with E-state index in [-0.39, 0.29) is 35.5 Å². The zero-order chi connectivity index (χ0) is 32.6. The van der Waals surface area contributed by atoms with Crippen molar-refractivity contribution in [1.29, 1.82) is 0 Å². The Labute approximate surface area is 279 Å². The van der Waals surface area contributed by atoms with Crippen molar-refractivity contribution in [3.63, 3.8) is 0 Å². The molecule has 0 saturated carbocycles. The Morgan fingerprint density at radius 3 is 2.02 bits per heavy atom. The molecule has 4 aromatic carbocycles. The number of rotatable bonds is 13. The van der Waals surface area contributed by atoms with Crippen LogP contribution >= 0.6 is 34.8 Å². The van der Waals surface area contributed by atoms with E-state index in [1.807, 2.05) is 44.2 Å². The normalized spacial score (nSPS) is 12.6. The van der Waals surface area contributed by atoms with Gasteiger partial charge in [0.1, 0.15) is 12.6 Å². The van der Waals surface area contributed by atoms with Gasteiger partial charge in [-0.05, 0) is 61.4 Å². The summed E-state index contributed by atoms with van der Waals surface area (Å²) in [6.45, 7) is 3.06. The number of halogens is 3. The first kappa shape index (κ1) is 34.3. The van der Waals surface area contributed by atoms with E-state index in [1.54, 1.807) is 54.6 Å². The zero-order valence-corrected chi connectivity index (χ0v) is 28.0. The van der Waals surface area contributed by atoms with Gasteiger partial charge in [0, 0.05) is 39.6 Å². The van der Waals surface area contributed by atoms with Gasteiger partial charge in [-0.25, -0.2) is 8.42 Å². The molecule has 0 unspecified atom stereocenters. The van der Waals surface area contributed by atoms with Crippen LogP contribution in [0.1, 0.15) is 31.4 Å². The maximum Gasteiger partial charge on any atom is 0.264 e. The molecule has 45 heavy (non-hydrogen) atoms. The van der Waals surface area contributed by atoms with E-state index >= 15 is 0 Å². The van der Waals surface area contributed by atoms with Crippen LogP contribution in [0.3, 0.4) is 0 Å². The SMILES string of the molecule is CC[C@H](C)NC(=O)[C@@H](Cc1ccccc1)N(Cc1c(Cl)cccc1Cl)C(=O)CN(c1cccc(Cl)c1)S(=O)(=O)c1ccccc1. The van der Waals surface area contributed by atoms with Gasteiger partial charge in [0.15, 0.2) is 0 Å². The molecule has 2 atom stereocenters. The first-order valence-corrected chi connectivity index (χ1v) is 17.0. The van der Waals surface area contributed by atoms with E-state index in [4.69, 9.17) is 34.8 Å². The van der Waals surface area contributed by atoms with Crippen molar-refractivity contribution in [1.82, 2.24) is 10.2 Å². The standard InChI is InChI=1S/C34H34Cl3N3O4S/c1-3-24(2)38-34(42)32(20-25-12-6-4-7-13-25)39(22-29-30(36)18-11-19-31(29)37)33(41)23-40(27-15-10-14-26(35)21-27)45(43,44)28-16-8-5-9-17-28/h4-19,21,24,32H,3,20,22-23H2,1-2H3,(H,38,42)/t24-,32+/m0/s1. The van der Waals surface area contributed by atoms with Gasteiger partial charge in [-0.15, -0.1) is 0 Å². The number of hydrogen-bond donors (Lipinski definition) is 1. The molecule has 4 rings (SSSR count). The molecule has 0 aromatic heterocycles. The monoisotopic (exact) mass is 685 g/mol. The number of anilines is 1. The van der Waals surface area contributed by atoms with Crippen LogP contribution < -0.4 is 9.62 Å². The van der Waals surface area contributed by atoms with Crippen molar-refractivity contribution in [2.24, 2.45) is 0 Å². The molecule has 0 aliphatic rings. The van der Waals surface area contributed by atoms with Crippen LogP contribution in [0.2, 0.25) is 15.1 Å². The van der Waals surface area contributed by atoms with E-state index in [0.29, 0.717) is 27.1 Å². The lowest BCUT2D eigenvalue weighted by atomic mass is 10.0. The van der Waals surface area contributed by atoms with Crippen LogP contribution in [0.25, 0.3) is 0 Å². The highest BCUT2D eigenvalue weighted by atomic mass is 35.5. The molecule has 0 heterocycles. The molecule has 1 N–H and O–H groups in total. The van der Waals surface area contributed by atoms with Gasteiger partial charge in [0.2, 0.25) is 11.8 Å². The average Bonchev–Trinajstić information content (AvgIpc) is 3.03. The molecular formula is C34H34Cl3N3O4S. The number of hydrogen-bond acceptors (Lipinski definition) is 4. The molecule has 0 aliphatic heterocycles. The highest BCUT2D eigenvalue weighted by Gasteiger charge is 2.35. The minimum absolute atomic E-state index is 0.00572. The number of nitrogens with zero attached hydrogens (tertiary/aromatic N) is 2. The molecule has 4 aromatic rings.